The molecule has 2 aromatic heterocycles. The Morgan fingerprint density at radius 2 is 1.54 bits per heavy atom. The summed E-state index contributed by atoms with van der Waals surface area (Å²) in [5, 5.41) is 15.0. The van der Waals surface area contributed by atoms with Gasteiger partial charge in [0.15, 0.2) is 11.2 Å². The van der Waals surface area contributed by atoms with Gasteiger partial charge in [0.2, 0.25) is 5.91 Å². The maximum absolute atomic E-state index is 13.8. The lowest BCUT2D eigenvalue weighted by Gasteiger charge is -2.28. The van der Waals surface area contributed by atoms with Crippen molar-refractivity contribution < 1.29 is 28.7 Å². The van der Waals surface area contributed by atoms with E-state index in [9.17, 15) is 14.7 Å². The molecule has 11 heteroatoms. The molecule has 3 heterocycles. The molecule has 0 spiro atoms. The van der Waals surface area contributed by atoms with E-state index in [0.29, 0.717) is 40.2 Å². The van der Waals surface area contributed by atoms with E-state index < -0.39 is 17.3 Å². The van der Waals surface area contributed by atoms with Crippen LogP contribution < -0.4 is 15.2 Å². The Labute approximate surface area is 278 Å². The fourth-order valence-corrected chi connectivity index (χ4v) is 6.13. The molecule has 48 heavy (non-hydrogen) atoms. The van der Waals surface area contributed by atoms with Crippen LogP contribution in [-0.4, -0.2) is 63.2 Å². The molecule has 6 rings (SSSR count). The molecule has 0 radical (unpaired) electrons. The Morgan fingerprint density at radius 1 is 0.896 bits per heavy atom. The van der Waals surface area contributed by atoms with Crippen LogP contribution >= 0.6 is 0 Å². The largest absolute Gasteiger partial charge is 0.492 e. The molecule has 11 nitrogen and oxygen atoms in total. The van der Waals surface area contributed by atoms with Crippen molar-refractivity contribution in [3.63, 3.8) is 0 Å². The molecule has 1 saturated heterocycles. The van der Waals surface area contributed by atoms with E-state index in [1.807, 2.05) is 24.3 Å². The van der Waals surface area contributed by atoms with Crippen LogP contribution in [-0.2, 0) is 15.6 Å². The zero-order valence-corrected chi connectivity index (χ0v) is 27.5. The molecule has 0 aliphatic carbocycles. The number of fused-ring (bicyclic) bond motifs is 1. The number of carboxylic acids is 1. The second-order valence-corrected chi connectivity index (χ2v) is 13.1. The summed E-state index contributed by atoms with van der Waals surface area (Å²) in [6.07, 6.45) is 2.40. The second kappa shape index (κ2) is 13.1. The van der Waals surface area contributed by atoms with Gasteiger partial charge in [0.25, 0.3) is 5.89 Å². The third kappa shape index (κ3) is 6.46. The number of carbonyl (C=O) groups is 2. The average Bonchev–Trinajstić information content (AvgIpc) is 3.73. The van der Waals surface area contributed by atoms with Gasteiger partial charge in [-0.3, -0.25) is 9.69 Å². The molecule has 5 aromatic rings. The molecule has 1 aliphatic heterocycles. The Balaban J connectivity index is 1.44. The van der Waals surface area contributed by atoms with Crippen LogP contribution in [0.1, 0.15) is 72.6 Å². The minimum absolute atomic E-state index is 0.0113. The van der Waals surface area contributed by atoms with Crippen LogP contribution in [0.5, 0.6) is 17.2 Å². The highest BCUT2D eigenvalue weighted by atomic mass is 16.5. The second-order valence-electron chi connectivity index (χ2n) is 13.1. The minimum Gasteiger partial charge on any atom is -0.492 e. The van der Waals surface area contributed by atoms with Gasteiger partial charge in [-0.2, -0.15) is 4.98 Å². The van der Waals surface area contributed by atoms with E-state index >= 15 is 0 Å². The number of hydrogen-bond acceptors (Lipinski definition) is 9. The van der Waals surface area contributed by atoms with Crippen molar-refractivity contribution in [2.75, 3.05) is 26.2 Å². The Kier molecular flexibility index (Phi) is 8.89. The highest BCUT2D eigenvalue weighted by Crippen LogP contribution is 2.42. The molecular formula is C37H39N5O6. The normalized spacial score (nSPS) is 14.9. The molecule has 1 atom stereocenters. The number of ether oxygens (including phenoxy) is 2. The number of nitrogens with two attached hydrogens (primary N) is 1. The number of nitrogens with zero attached hydrogens (tertiary/aromatic N) is 4. The van der Waals surface area contributed by atoms with Gasteiger partial charge in [0.1, 0.15) is 29.5 Å². The third-order valence-corrected chi connectivity index (χ3v) is 8.71. The van der Waals surface area contributed by atoms with Crippen molar-refractivity contribution in [1.29, 1.82) is 0 Å². The van der Waals surface area contributed by atoms with Gasteiger partial charge in [-0.15, -0.1) is 0 Å². The Morgan fingerprint density at radius 3 is 2.15 bits per heavy atom. The quantitative estimate of drug-likeness (QED) is 0.174. The summed E-state index contributed by atoms with van der Waals surface area (Å²) in [6, 6.07) is 21.2. The summed E-state index contributed by atoms with van der Waals surface area (Å²) < 4.78 is 17.8. The van der Waals surface area contributed by atoms with E-state index in [2.05, 4.69) is 40.8 Å². The van der Waals surface area contributed by atoms with Crippen molar-refractivity contribution in [1.82, 2.24) is 20.0 Å². The number of benzene rings is 3. The highest BCUT2D eigenvalue weighted by molar-refractivity contribution is 6.01. The van der Waals surface area contributed by atoms with Crippen LogP contribution in [0.15, 0.2) is 77.3 Å². The first kappa shape index (κ1) is 32.6. The van der Waals surface area contributed by atoms with E-state index in [1.54, 1.807) is 49.4 Å². The predicted molar refractivity (Wildman–Crippen MR) is 180 cm³/mol. The number of aryl methyl sites for hydroxylation is 1. The van der Waals surface area contributed by atoms with Crippen molar-refractivity contribution in [3.8, 4) is 17.2 Å². The summed E-state index contributed by atoms with van der Waals surface area (Å²) in [7, 11) is 0. The van der Waals surface area contributed by atoms with Gasteiger partial charge in [-0.1, -0.05) is 50.2 Å². The standard InChI is InChI=1S/C37H39N5O6/c1-23-39-35(48-41-23)37(34(38)45,26-9-11-27(12-10-26)46-20-19-42-17-5-6-18-42)32-30-16-15-29(21-24(30)22-31(40-32)33(43)44)47-28-13-7-25(8-14-28)36(2,3)4/h7-16,21-22H,5-6,17-20H2,1-4H3,(H2,38,45)(H,43,44). The summed E-state index contributed by atoms with van der Waals surface area (Å²) in [5.74, 6) is -0.338. The van der Waals surface area contributed by atoms with Crippen LogP contribution in [0, 0.1) is 6.92 Å². The molecule has 1 fully saturated rings. The van der Waals surface area contributed by atoms with E-state index in [0.717, 1.165) is 25.2 Å². The Bertz CT molecular complexity index is 1940. The lowest BCUT2D eigenvalue weighted by molar-refractivity contribution is -0.121. The molecule has 1 aliphatic rings. The average molecular weight is 650 g/mol. The number of aromatic nitrogens is 3. The van der Waals surface area contributed by atoms with Crippen molar-refractivity contribution in [2.45, 2.75) is 51.4 Å². The predicted octanol–water partition coefficient (Wildman–Crippen LogP) is 6.01. The van der Waals surface area contributed by atoms with Crippen molar-refractivity contribution in [2.24, 2.45) is 5.73 Å². The zero-order chi connectivity index (χ0) is 34.1. The Hall–Kier alpha value is -5.29. The summed E-state index contributed by atoms with van der Waals surface area (Å²) >= 11 is 0. The minimum atomic E-state index is -1.94. The van der Waals surface area contributed by atoms with Gasteiger partial charge in [0, 0.05) is 11.9 Å². The molecular weight excluding hydrogens is 610 g/mol. The highest BCUT2D eigenvalue weighted by Gasteiger charge is 2.50. The van der Waals surface area contributed by atoms with Crippen LogP contribution in [0.3, 0.4) is 0 Å². The number of primary amides is 1. The smallest absolute Gasteiger partial charge is 0.354 e. The number of carboxylic acid groups (broad SMARTS) is 1. The lowest BCUT2D eigenvalue weighted by atomic mass is 9.74. The molecule has 1 amide bonds. The zero-order valence-electron chi connectivity index (χ0n) is 27.5. The number of amides is 1. The molecule has 1 unspecified atom stereocenters. The van der Waals surface area contributed by atoms with Crippen LogP contribution in [0.4, 0.5) is 0 Å². The van der Waals surface area contributed by atoms with E-state index in [4.69, 9.17) is 19.7 Å². The van der Waals surface area contributed by atoms with Gasteiger partial charge in [0.05, 0.1) is 5.69 Å². The fraction of sp³-hybridized carbons (Fsp3) is 0.324. The maximum Gasteiger partial charge on any atom is 0.354 e. The van der Waals surface area contributed by atoms with E-state index in [-0.39, 0.29) is 28.5 Å². The van der Waals surface area contributed by atoms with Crippen LogP contribution in [0.25, 0.3) is 10.8 Å². The fourth-order valence-electron chi connectivity index (χ4n) is 6.13. The SMILES string of the molecule is Cc1noc(C(C(N)=O)(c2ccc(OCCN3CCCC3)cc2)c2nc(C(=O)O)cc3cc(Oc4ccc(C(C)(C)C)cc4)ccc23)n1. The number of hydrogen-bond donors (Lipinski definition) is 2. The van der Waals surface area contributed by atoms with Crippen LogP contribution in [0.2, 0.25) is 0 Å². The van der Waals surface area contributed by atoms with Gasteiger partial charge in [-0.05, 0) is 103 Å². The summed E-state index contributed by atoms with van der Waals surface area (Å²) in [6.45, 7) is 11.5. The molecule has 0 bridgehead atoms. The monoisotopic (exact) mass is 649 g/mol. The number of rotatable bonds is 11. The third-order valence-electron chi connectivity index (χ3n) is 8.71. The van der Waals surface area contributed by atoms with Gasteiger partial charge < -0.3 is 24.8 Å². The molecule has 3 aromatic carbocycles. The molecule has 248 valence electrons. The first-order valence-corrected chi connectivity index (χ1v) is 16.0. The number of likely N-dealkylation sites (tertiary alicyclic amines) is 1. The number of pyridine rings is 1. The maximum atomic E-state index is 13.8. The summed E-state index contributed by atoms with van der Waals surface area (Å²) in [4.78, 5) is 37.5. The molecule has 0 saturated carbocycles. The first-order chi connectivity index (χ1) is 22.9. The lowest BCUT2D eigenvalue weighted by Crippen LogP contribution is -2.45. The number of carbonyl (C=O) groups excluding carboxylic acids is 1. The molecule has 3 N–H and O–H groups in total. The van der Waals surface area contributed by atoms with Gasteiger partial charge in [-0.25, -0.2) is 9.78 Å². The van der Waals surface area contributed by atoms with E-state index in [1.165, 1.54) is 18.9 Å². The van der Waals surface area contributed by atoms with Crippen molar-refractivity contribution in [3.05, 3.63) is 107 Å². The van der Waals surface area contributed by atoms with Crippen molar-refractivity contribution >= 4 is 22.6 Å². The summed E-state index contributed by atoms with van der Waals surface area (Å²) in [5.41, 5.74) is 5.56. The topological polar surface area (TPSA) is 154 Å². The first-order valence-electron chi connectivity index (χ1n) is 16.0. The van der Waals surface area contributed by atoms with Gasteiger partial charge >= 0.3 is 5.97 Å². The number of aromatic carboxylic acids is 1.